The molecule has 0 spiro atoms. The highest BCUT2D eigenvalue weighted by Crippen LogP contribution is 2.30. The monoisotopic (exact) mass is 317 g/mol. The number of benzene rings is 1. The van der Waals surface area contributed by atoms with Gasteiger partial charge in [-0.25, -0.2) is 0 Å². The largest absolute Gasteiger partial charge is 0.322 e. The van der Waals surface area contributed by atoms with Crippen LogP contribution in [0.2, 0.25) is 0 Å². The number of rotatable bonds is 3. The summed E-state index contributed by atoms with van der Waals surface area (Å²) in [6, 6.07) is 5.81. The average Bonchev–Trinajstić information content (AvgIpc) is 2.36. The topological polar surface area (TPSA) is 32.9 Å². The van der Waals surface area contributed by atoms with Crippen LogP contribution < -0.4 is 5.56 Å². The summed E-state index contributed by atoms with van der Waals surface area (Å²) in [4.78, 5) is 15.2. The van der Waals surface area contributed by atoms with Crippen molar-refractivity contribution in [2.75, 3.05) is 0 Å². The number of nitrogens with one attached hydrogen (secondary N) is 1. The van der Waals surface area contributed by atoms with Gasteiger partial charge in [0.1, 0.15) is 0 Å². The number of aromatic nitrogens is 1. The van der Waals surface area contributed by atoms with Crippen molar-refractivity contribution in [1.82, 2.24) is 4.98 Å². The molecule has 0 atom stereocenters. The Kier molecular flexibility index (Phi) is 3.76. The van der Waals surface area contributed by atoms with E-state index in [2.05, 4.69) is 34.1 Å². The molecule has 1 heterocycles. The fourth-order valence-corrected chi connectivity index (χ4v) is 2.64. The van der Waals surface area contributed by atoms with Gasteiger partial charge in [-0.1, -0.05) is 49.0 Å². The summed E-state index contributed by atoms with van der Waals surface area (Å²) in [6.45, 7) is 11.8. The molecule has 1 N–H and O–H groups in total. The lowest BCUT2D eigenvalue weighted by atomic mass is 9.91. The predicted molar refractivity (Wildman–Crippen MR) is 85.6 cm³/mol. The number of halogens is 1. The molecule has 0 aliphatic rings. The van der Waals surface area contributed by atoms with Gasteiger partial charge in [0, 0.05) is 20.9 Å². The van der Waals surface area contributed by atoms with Gasteiger partial charge >= 0.3 is 0 Å². The fourth-order valence-electron chi connectivity index (χ4n) is 2.28. The van der Waals surface area contributed by atoms with E-state index < -0.39 is 0 Å². The van der Waals surface area contributed by atoms with Crippen molar-refractivity contribution < 1.29 is 0 Å². The number of fused-ring (bicyclic) bond motifs is 1. The Hall–Kier alpha value is -1.61. The summed E-state index contributed by atoms with van der Waals surface area (Å²) >= 11 is 3.47. The summed E-state index contributed by atoms with van der Waals surface area (Å²) in [6.07, 6.45) is 1.70. The molecule has 0 saturated heterocycles. The third-order valence-electron chi connectivity index (χ3n) is 3.16. The summed E-state index contributed by atoms with van der Waals surface area (Å²) in [5, 5.41) is 0.988. The molecule has 2 nitrogen and oxygen atoms in total. The van der Waals surface area contributed by atoms with Gasteiger partial charge in [-0.05, 0) is 35.3 Å². The normalized spacial score (nSPS) is 10.9. The molecule has 3 heteroatoms. The lowest BCUT2D eigenvalue weighted by molar-refractivity contribution is 0.845. The van der Waals surface area contributed by atoms with Gasteiger partial charge in [0.2, 0.25) is 0 Å². The smallest absolute Gasteiger partial charge is 0.252 e. The number of pyridine rings is 1. The highest BCUT2D eigenvalue weighted by molar-refractivity contribution is 9.10. The van der Waals surface area contributed by atoms with Crippen LogP contribution in [0.5, 0.6) is 0 Å². The number of allylic oxidation sites excluding steroid dienone is 2. The zero-order valence-corrected chi connectivity index (χ0v) is 12.7. The van der Waals surface area contributed by atoms with Crippen LogP contribution in [0.25, 0.3) is 16.5 Å². The Bertz CT molecular complexity index is 725. The molecule has 0 radical (unpaired) electrons. The first-order chi connectivity index (χ1) is 8.95. The second-order valence-electron chi connectivity index (χ2n) is 4.82. The molecular formula is C16H16BrNO. The third-order valence-corrected chi connectivity index (χ3v) is 3.65. The van der Waals surface area contributed by atoms with E-state index in [1.807, 2.05) is 32.0 Å². The van der Waals surface area contributed by atoms with E-state index >= 15 is 0 Å². The van der Waals surface area contributed by atoms with Gasteiger partial charge in [-0.15, -0.1) is 0 Å². The molecule has 98 valence electrons. The van der Waals surface area contributed by atoms with E-state index in [-0.39, 0.29) is 11.5 Å². The van der Waals surface area contributed by atoms with Crippen LogP contribution in [0.15, 0.2) is 46.7 Å². The minimum Gasteiger partial charge on any atom is -0.322 e. The lowest BCUT2D eigenvalue weighted by Gasteiger charge is -2.15. The molecule has 1 aromatic carbocycles. The van der Waals surface area contributed by atoms with Crippen LogP contribution in [-0.2, 0) is 0 Å². The minimum absolute atomic E-state index is 0.0529. The maximum absolute atomic E-state index is 12.3. The molecule has 2 aromatic rings. The zero-order chi connectivity index (χ0) is 14.2. The standard InChI is InChI=1S/C16H16BrNO/c1-5-10(4)15-12-8-11(17)6-7-13(12)18-16(19)14(15)9(2)3/h5-9H,1,4H2,2-3H3,(H,18,19). The van der Waals surface area contributed by atoms with Crippen molar-refractivity contribution in [2.24, 2.45) is 0 Å². The maximum Gasteiger partial charge on any atom is 0.252 e. The van der Waals surface area contributed by atoms with Crippen molar-refractivity contribution in [1.29, 1.82) is 0 Å². The van der Waals surface area contributed by atoms with Crippen molar-refractivity contribution >= 4 is 32.4 Å². The molecular weight excluding hydrogens is 302 g/mol. The molecule has 0 fully saturated rings. The molecule has 1 aromatic heterocycles. The SMILES string of the molecule is C=CC(=C)c1c(C(C)C)c(=O)[nH]c2ccc(Br)cc12. The summed E-state index contributed by atoms with van der Waals surface area (Å²) in [5.41, 5.74) is 3.19. The number of H-pyrrole nitrogens is 1. The fraction of sp³-hybridized carbons (Fsp3) is 0.188. The van der Waals surface area contributed by atoms with E-state index in [9.17, 15) is 4.79 Å². The van der Waals surface area contributed by atoms with Gasteiger partial charge in [0.15, 0.2) is 0 Å². The highest BCUT2D eigenvalue weighted by Gasteiger charge is 2.16. The van der Waals surface area contributed by atoms with Crippen LogP contribution in [0.3, 0.4) is 0 Å². The predicted octanol–water partition coefficient (Wildman–Crippen LogP) is 4.61. The first kappa shape index (κ1) is 13.8. The molecule has 19 heavy (non-hydrogen) atoms. The Labute approximate surface area is 121 Å². The van der Waals surface area contributed by atoms with Crippen LogP contribution in [0.4, 0.5) is 0 Å². The summed E-state index contributed by atoms with van der Waals surface area (Å²) in [5.74, 6) is 0.124. The second-order valence-corrected chi connectivity index (χ2v) is 5.73. The summed E-state index contributed by atoms with van der Waals surface area (Å²) in [7, 11) is 0. The molecule has 0 saturated carbocycles. The number of hydrogen-bond acceptors (Lipinski definition) is 1. The summed E-state index contributed by atoms with van der Waals surface area (Å²) < 4.78 is 0.972. The number of hydrogen-bond donors (Lipinski definition) is 1. The van der Waals surface area contributed by atoms with Crippen LogP contribution in [0, 0.1) is 0 Å². The van der Waals surface area contributed by atoms with Gasteiger partial charge in [-0.3, -0.25) is 4.79 Å². The van der Waals surface area contributed by atoms with Crippen LogP contribution in [0.1, 0.15) is 30.9 Å². The van der Waals surface area contributed by atoms with Gasteiger partial charge < -0.3 is 4.98 Å². The van der Waals surface area contributed by atoms with E-state index in [1.165, 1.54) is 0 Å². The second kappa shape index (κ2) is 5.17. The van der Waals surface area contributed by atoms with Crippen LogP contribution in [-0.4, -0.2) is 4.98 Å². The molecule has 0 aliphatic heterocycles. The molecule has 0 aliphatic carbocycles. The lowest BCUT2D eigenvalue weighted by Crippen LogP contribution is -2.17. The minimum atomic E-state index is -0.0529. The number of aromatic amines is 1. The Morgan fingerprint density at radius 1 is 1.42 bits per heavy atom. The van der Waals surface area contributed by atoms with Crippen molar-refractivity contribution in [3.63, 3.8) is 0 Å². The molecule has 0 amide bonds. The van der Waals surface area contributed by atoms with Crippen molar-refractivity contribution in [3.05, 3.63) is 63.4 Å². The van der Waals surface area contributed by atoms with E-state index in [0.29, 0.717) is 0 Å². The zero-order valence-electron chi connectivity index (χ0n) is 11.1. The maximum atomic E-state index is 12.3. The first-order valence-corrected chi connectivity index (χ1v) is 6.92. The Morgan fingerprint density at radius 3 is 2.68 bits per heavy atom. The van der Waals surface area contributed by atoms with Crippen molar-refractivity contribution in [3.8, 4) is 0 Å². The Morgan fingerprint density at radius 2 is 2.11 bits per heavy atom. The molecule has 0 unspecified atom stereocenters. The average molecular weight is 318 g/mol. The van der Waals surface area contributed by atoms with E-state index in [0.717, 1.165) is 32.1 Å². The molecule has 0 bridgehead atoms. The quantitative estimate of drug-likeness (QED) is 0.824. The third kappa shape index (κ3) is 2.43. The highest BCUT2D eigenvalue weighted by atomic mass is 79.9. The Balaban J connectivity index is 3.01. The van der Waals surface area contributed by atoms with Gasteiger partial charge in [0.05, 0.1) is 0 Å². The van der Waals surface area contributed by atoms with E-state index in [1.54, 1.807) is 6.08 Å². The van der Waals surface area contributed by atoms with Crippen LogP contribution >= 0.6 is 15.9 Å². The first-order valence-electron chi connectivity index (χ1n) is 6.12. The van der Waals surface area contributed by atoms with Crippen molar-refractivity contribution in [2.45, 2.75) is 19.8 Å². The van der Waals surface area contributed by atoms with Gasteiger partial charge in [0.25, 0.3) is 5.56 Å². The van der Waals surface area contributed by atoms with Gasteiger partial charge in [-0.2, -0.15) is 0 Å². The molecule has 2 rings (SSSR count). The van der Waals surface area contributed by atoms with E-state index in [4.69, 9.17) is 0 Å².